The summed E-state index contributed by atoms with van der Waals surface area (Å²) in [6.07, 6.45) is 8.94. The maximum Gasteiger partial charge on any atom is 0.228 e. The molecule has 180 valence electrons. The van der Waals surface area contributed by atoms with Crippen LogP contribution in [0.1, 0.15) is 62.1 Å². The van der Waals surface area contributed by atoms with Crippen molar-refractivity contribution < 1.29 is 9.30 Å². The topological polar surface area (TPSA) is 13.1 Å². The molecule has 1 fully saturated rings. The normalized spacial score (nSPS) is 15.2. The molecule has 0 radical (unpaired) electrons. The highest BCUT2D eigenvalue weighted by molar-refractivity contribution is 6.17. The lowest BCUT2D eigenvalue weighted by Crippen LogP contribution is -2.32. The first-order valence-electron chi connectivity index (χ1n) is 13.6. The SMILES string of the molecule is Cc1c2c(c(C(C)C)c3ccccc13)Oc1cc3cccc(CC4CCCC4)c3c3cc[n+](C)c-2c13. The van der Waals surface area contributed by atoms with Gasteiger partial charge in [-0.05, 0) is 63.9 Å². The Morgan fingerprint density at radius 3 is 2.47 bits per heavy atom. The molecule has 0 saturated heterocycles. The molecule has 0 unspecified atom stereocenters. The van der Waals surface area contributed by atoms with E-state index in [0.717, 1.165) is 17.4 Å². The Kier molecular flexibility index (Phi) is 4.90. The Bertz CT molecular complexity index is 1690. The Morgan fingerprint density at radius 1 is 0.917 bits per heavy atom. The van der Waals surface area contributed by atoms with E-state index in [1.807, 2.05) is 0 Å². The van der Waals surface area contributed by atoms with Crippen molar-refractivity contribution in [2.75, 3.05) is 0 Å². The molecule has 0 N–H and O–H groups in total. The second kappa shape index (κ2) is 8.06. The van der Waals surface area contributed by atoms with Crippen molar-refractivity contribution in [1.82, 2.24) is 0 Å². The molecule has 7 rings (SSSR count). The standard InChI is InChI=1S/C34H34NO/c1-20(2)29-26-15-8-7-14-25(26)21(3)30-33-32-27(16-17-35(33)4)31-23(18-22-10-5-6-11-22)12-9-13-24(31)19-28(32)36-34(29)30/h7-9,12-17,19-20,22H,5-6,10-11,18H2,1-4H3/q+1. The minimum atomic E-state index is 0.355. The Labute approximate surface area is 213 Å². The molecule has 1 aliphatic carbocycles. The van der Waals surface area contributed by atoms with Gasteiger partial charge >= 0.3 is 0 Å². The molecular formula is C34H34NO+. The first-order valence-corrected chi connectivity index (χ1v) is 13.6. The van der Waals surface area contributed by atoms with E-state index in [2.05, 4.69) is 93.2 Å². The number of fused-ring (bicyclic) bond motifs is 5. The summed E-state index contributed by atoms with van der Waals surface area (Å²) in [5.41, 5.74) is 6.65. The van der Waals surface area contributed by atoms with Gasteiger partial charge in [0, 0.05) is 17.0 Å². The predicted molar refractivity (Wildman–Crippen MR) is 150 cm³/mol. The number of aromatic nitrogens is 1. The maximum absolute atomic E-state index is 6.95. The van der Waals surface area contributed by atoms with Gasteiger partial charge in [-0.25, -0.2) is 4.57 Å². The van der Waals surface area contributed by atoms with E-state index in [9.17, 15) is 0 Å². The third kappa shape index (κ3) is 3.06. The van der Waals surface area contributed by atoms with E-state index >= 15 is 0 Å². The molecule has 0 atom stereocenters. The third-order valence-electron chi connectivity index (χ3n) is 8.79. The minimum Gasteiger partial charge on any atom is -0.455 e. The van der Waals surface area contributed by atoms with E-state index in [4.69, 9.17) is 4.74 Å². The summed E-state index contributed by atoms with van der Waals surface area (Å²) >= 11 is 0. The fourth-order valence-corrected chi connectivity index (χ4v) is 7.15. The zero-order valence-electron chi connectivity index (χ0n) is 21.8. The van der Waals surface area contributed by atoms with Crippen LogP contribution in [0.4, 0.5) is 0 Å². The molecule has 1 aromatic heterocycles. The minimum absolute atomic E-state index is 0.355. The van der Waals surface area contributed by atoms with Gasteiger partial charge in [0.25, 0.3) is 0 Å². The first-order chi connectivity index (χ1) is 17.5. The summed E-state index contributed by atoms with van der Waals surface area (Å²) < 4.78 is 9.26. The number of hydrogen-bond acceptors (Lipinski definition) is 1. The van der Waals surface area contributed by atoms with Gasteiger partial charge in [0.1, 0.15) is 18.5 Å². The van der Waals surface area contributed by atoms with Crippen LogP contribution in [-0.4, -0.2) is 0 Å². The summed E-state index contributed by atoms with van der Waals surface area (Å²) in [6, 6.07) is 20.3. The van der Waals surface area contributed by atoms with Crippen molar-refractivity contribution in [2.24, 2.45) is 13.0 Å². The predicted octanol–water partition coefficient (Wildman–Crippen LogP) is 8.91. The number of hydrogen-bond donors (Lipinski definition) is 0. The fraction of sp³-hybridized carbons (Fsp3) is 0.324. The van der Waals surface area contributed by atoms with Crippen molar-refractivity contribution >= 4 is 32.3 Å². The van der Waals surface area contributed by atoms with Crippen LogP contribution in [-0.2, 0) is 13.5 Å². The molecule has 0 amide bonds. The van der Waals surface area contributed by atoms with Crippen LogP contribution in [0.2, 0.25) is 0 Å². The molecule has 5 aromatic rings. The summed E-state index contributed by atoms with van der Waals surface area (Å²) in [7, 11) is 2.19. The molecule has 0 bridgehead atoms. The van der Waals surface area contributed by atoms with E-state index in [-0.39, 0.29) is 0 Å². The monoisotopic (exact) mass is 472 g/mol. The molecule has 4 aromatic carbocycles. The number of aryl methyl sites for hydroxylation is 2. The number of ether oxygens (including phenoxy) is 1. The van der Waals surface area contributed by atoms with Crippen molar-refractivity contribution in [3.05, 3.63) is 77.5 Å². The third-order valence-corrected chi connectivity index (χ3v) is 8.79. The zero-order valence-corrected chi connectivity index (χ0v) is 21.8. The van der Waals surface area contributed by atoms with Gasteiger partial charge in [0.2, 0.25) is 5.69 Å². The lowest BCUT2D eigenvalue weighted by atomic mass is 9.84. The molecule has 2 heterocycles. The summed E-state index contributed by atoms with van der Waals surface area (Å²) in [4.78, 5) is 0. The number of benzene rings is 4. The molecule has 36 heavy (non-hydrogen) atoms. The lowest BCUT2D eigenvalue weighted by Gasteiger charge is -2.27. The van der Waals surface area contributed by atoms with Gasteiger partial charge < -0.3 is 4.74 Å². The first kappa shape index (κ1) is 21.9. The van der Waals surface area contributed by atoms with E-state index in [0.29, 0.717) is 5.92 Å². The molecule has 2 heteroatoms. The van der Waals surface area contributed by atoms with Crippen LogP contribution in [0.15, 0.2) is 60.8 Å². The van der Waals surface area contributed by atoms with Crippen LogP contribution in [0.5, 0.6) is 11.5 Å². The fourth-order valence-electron chi connectivity index (χ4n) is 7.15. The largest absolute Gasteiger partial charge is 0.455 e. The number of nitrogens with zero attached hydrogens (tertiary/aromatic N) is 1. The van der Waals surface area contributed by atoms with Crippen LogP contribution >= 0.6 is 0 Å². The highest BCUT2D eigenvalue weighted by Gasteiger charge is 2.34. The quantitative estimate of drug-likeness (QED) is 0.185. The zero-order chi connectivity index (χ0) is 24.6. The maximum atomic E-state index is 6.95. The molecule has 0 spiro atoms. The Morgan fingerprint density at radius 2 is 1.69 bits per heavy atom. The van der Waals surface area contributed by atoms with Crippen molar-refractivity contribution in [3.63, 3.8) is 0 Å². The van der Waals surface area contributed by atoms with Gasteiger partial charge in [0.15, 0.2) is 6.20 Å². The van der Waals surface area contributed by atoms with E-state index < -0.39 is 0 Å². The van der Waals surface area contributed by atoms with E-state index in [1.165, 1.54) is 92.4 Å². The number of pyridine rings is 1. The summed E-state index contributed by atoms with van der Waals surface area (Å²) in [5, 5.41) is 7.92. The lowest BCUT2D eigenvalue weighted by molar-refractivity contribution is -0.659. The summed E-state index contributed by atoms with van der Waals surface area (Å²) in [5.74, 6) is 3.20. The van der Waals surface area contributed by atoms with Gasteiger partial charge in [-0.2, -0.15) is 0 Å². The van der Waals surface area contributed by atoms with Crippen LogP contribution in [0, 0.1) is 12.8 Å². The Hall–Kier alpha value is -3.39. The highest BCUT2D eigenvalue weighted by atomic mass is 16.5. The van der Waals surface area contributed by atoms with Gasteiger partial charge in [-0.3, -0.25) is 0 Å². The van der Waals surface area contributed by atoms with Crippen LogP contribution < -0.4 is 9.30 Å². The number of rotatable bonds is 3. The van der Waals surface area contributed by atoms with Gasteiger partial charge in [0.05, 0.1) is 10.9 Å². The van der Waals surface area contributed by atoms with Gasteiger partial charge in [-0.15, -0.1) is 0 Å². The Balaban J connectivity index is 1.60. The van der Waals surface area contributed by atoms with Crippen molar-refractivity contribution in [1.29, 1.82) is 0 Å². The van der Waals surface area contributed by atoms with E-state index in [1.54, 1.807) is 0 Å². The summed E-state index contributed by atoms with van der Waals surface area (Å²) in [6.45, 7) is 6.84. The molecule has 2 aliphatic rings. The smallest absolute Gasteiger partial charge is 0.228 e. The second-order valence-electron chi connectivity index (χ2n) is 11.4. The average molecular weight is 473 g/mol. The second-order valence-corrected chi connectivity index (χ2v) is 11.4. The van der Waals surface area contributed by atoms with Gasteiger partial charge in [-0.1, -0.05) is 82.0 Å². The highest BCUT2D eigenvalue weighted by Crippen LogP contribution is 2.53. The van der Waals surface area contributed by atoms with Crippen molar-refractivity contribution in [2.45, 2.75) is 58.8 Å². The molecule has 1 saturated carbocycles. The van der Waals surface area contributed by atoms with Crippen molar-refractivity contribution in [3.8, 4) is 22.8 Å². The van der Waals surface area contributed by atoms with Crippen LogP contribution in [0.25, 0.3) is 43.6 Å². The molecular weight excluding hydrogens is 438 g/mol. The average Bonchev–Trinajstić information content (AvgIpc) is 3.38. The molecule has 1 aliphatic heterocycles. The molecule has 2 nitrogen and oxygen atoms in total. The van der Waals surface area contributed by atoms with Crippen LogP contribution in [0.3, 0.4) is 0 Å².